The molecule has 1 aromatic carbocycles. The lowest BCUT2D eigenvalue weighted by Gasteiger charge is -2.27. The number of methoxy groups -OCH3 is 3. The van der Waals surface area contributed by atoms with Gasteiger partial charge in [-0.05, 0) is 47.4 Å². The van der Waals surface area contributed by atoms with Crippen molar-refractivity contribution in [1.82, 2.24) is 0 Å². The molecule has 0 aliphatic heterocycles. The first kappa shape index (κ1) is 17.2. The summed E-state index contributed by atoms with van der Waals surface area (Å²) in [5.41, 5.74) is 4.28. The molecule has 1 aromatic rings. The highest BCUT2D eigenvalue weighted by molar-refractivity contribution is 9.10. The molecule has 1 rings (SSSR count). The molecule has 0 aliphatic rings. The van der Waals surface area contributed by atoms with Crippen molar-refractivity contribution in [2.45, 2.75) is 18.5 Å². The molecule has 0 saturated carbocycles. The van der Waals surface area contributed by atoms with E-state index in [1.165, 1.54) is 14.2 Å². The van der Waals surface area contributed by atoms with Crippen molar-refractivity contribution < 1.29 is 18.6 Å². The molecule has 6 heteroatoms. The molecule has 114 valence electrons. The Labute approximate surface area is 127 Å². The van der Waals surface area contributed by atoms with Gasteiger partial charge in [-0.15, -0.1) is 0 Å². The van der Waals surface area contributed by atoms with Gasteiger partial charge in [0.05, 0.1) is 20.8 Å². The summed E-state index contributed by atoms with van der Waals surface area (Å²) in [4.78, 5) is 0. The molecule has 1 unspecified atom stereocenters. The number of ether oxygens (including phenoxy) is 3. The van der Waals surface area contributed by atoms with E-state index in [2.05, 4.69) is 15.9 Å². The minimum Gasteiger partial charge on any atom is -0.495 e. The molecule has 0 amide bonds. The Balaban J connectivity index is 3.29. The van der Waals surface area contributed by atoms with Crippen LogP contribution in [0.5, 0.6) is 11.5 Å². The van der Waals surface area contributed by atoms with Crippen LogP contribution in [0.15, 0.2) is 16.6 Å². The van der Waals surface area contributed by atoms with Crippen LogP contribution in [-0.4, -0.2) is 34.5 Å². The third-order valence-electron chi connectivity index (χ3n) is 3.12. The number of halogens is 2. The van der Waals surface area contributed by atoms with Crippen LogP contribution in [0.2, 0.25) is 0 Å². The normalized spacial score (nSPS) is 13.9. The Morgan fingerprint density at radius 3 is 2.45 bits per heavy atom. The molecule has 20 heavy (non-hydrogen) atoms. The maximum Gasteiger partial charge on any atom is 0.162 e. The van der Waals surface area contributed by atoms with Crippen LogP contribution >= 0.6 is 15.9 Å². The van der Waals surface area contributed by atoms with Crippen LogP contribution in [0.4, 0.5) is 4.39 Å². The van der Waals surface area contributed by atoms with Gasteiger partial charge in [-0.3, -0.25) is 0 Å². The van der Waals surface area contributed by atoms with E-state index in [1.807, 2.05) is 0 Å². The number of alkyl halides is 1. The fourth-order valence-electron chi connectivity index (χ4n) is 2.14. The summed E-state index contributed by atoms with van der Waals surface area (Å²) < 4.78 is 31.4. The van der Waals surface area contributed by atoms with E-state index in [0.717, 1.165) is 0 Å². The van der Waals surface area contributed by atoms with E-state index >= 15 is 4.39 Å². The maximum absolute atomic E-state index is 15.3. The predicted octanol–water partition coefficient (Wildman–Crippen LogP) is 3.02. The van der Waals surface area contributed by atoms with Crippen LogP contribution in [0.25, 0.3) is 0 Å². The summed E-state index contributed by atoms with van der Waals surface area (Å²) in [7, 11) is 4.52. The maximum atomic E-state index is 15.3. The van der Waals surface area contributed by atoms with Gasteiger partial charge in [0.15, 0.2) is 5.67 Å². The number of benzene rings is 1. The molecule has 0 fully saturated rings. The lowest BCUT2D eigenvalue weighted by molar-refractivity contribution is 0.0285. The predicted molar refractivity (Wildman–Crippen MR) is 80.2 cm³/mol. The van der Waals surface area contributed by atoms with Crippen molar-refractivity contribution in [2.24, 2.45) is 5.73 Å². The second-order valence-corrected chi connectivity index (χ2v) is 5.25. The van der Waals surface area contributed by atoms with Crippen LogP contribution in [-0.2, 0) is 10.4 Å². The quantitative estimate of drug-likeness (QED) is 0.783. The molecule has 0 spiro atoms. The van der Waals surface area contributed by atoms with Gasteiger partial charge in [0.25, 0.3) is 0 Å². The van der Waals surface area contributed by atoms with Gasteiger partial charge in [0.1, 0.15) is 16.0 Å². The molecule has 0 saturated heterocycles. The Hall–Kier alpha value is -0.850. The summed E-state index contributed by atoms with van der Waals surface area (Å²) in [5, 5.41) is 0. The van der Waals surface area contributed by atoms with Gasteiger partial charge in [-0.25, -0.2) is 4.39 Å². The van der Waals surface area contributed by atoms with Crippen LogP contribution in [0.3, 0.4) is 0 Å². The summed E-state index contributed by atoms with van der Waals surface area (Å²) >= 11 is 3.38. The average Bonchev–Trinajstić information content (AvgIpc) is 2.45. The molecule has 0 radical (unpaired) electrons. The minimum atomic E-state index is -1.64. The van der Waals surface area contributed by atoms with E-state index in [-0.39, 0.29) is 13.0 Å². The Kier molecular flexibility index (Phi) is 6.71. The zero-order chi connectivity index (χ0) is 15.2. The number of rotatable bonds is 8. The highest BCUT2D eigenvalue weighted by Gasteiger charge is 2.36. The highest BCUT2D eigenvalue weighted by atomic mass is 79.9. The molecular weight excluding hydrogens is 329 g/mol. The second-order valence-electron chi connectivity index (χ2n) is 4.45. The first-order chi connectivity index (χ1) is 9.53. The zero-order valence-electron chi connectivity index (χ0n) is 12.0. The highest BCUT2D eigenvalue weighted by Crippen LogP contribution is 2.44. The molecule has 0 heterocycles. The molecular formula is C14H21BrFNO3. The molecule has 4 nitrogen and oxygen atoms in total. The lowest BCUT2D eigenvalue weighted by atomic mass is 9.90. The second kappa shape index (κ2) is 7.81. The number of nitrogens with two attached hydrogens (primary N) is 1. The summed E-state index contributed by atoms with van der Waals surface area (Å²) in [6.45, 7) is 0.372. The molecule has 0 aliphatic carbocycles. The Morgan fingerprint density at radius 1 is 1.25 bits per heavy atom. The van der Waals surface area contributed by atoms with Crippen LogP contribution in [0.1, 0.15) is 18.4 Å². The van der Waals surface area contributed by atoms with Gasteiger partial charge in [-0.1, -0.05) is 0 Å². The number of hydrogen-bond donors (Lipinski definition) is 1. The number of hydrogen-bond acceptors (Lipinski definition) is 4. The van der Waals surface area contributed by atoms with Crippen LogP contribution < -0.4 is 15.2 Å². The standard InChI is InChI=1S/C14H21BrFNO3/c1-18-9-14(16,7-4-8-17)10-5-6-11(19-2)12(15)13(10)20-3/h5-6H,4,7-9,17H2,1-3H3. The van der Waals surface area contributed by atoms with E-state index in [4.69, 9.17) is 19.9 Å². The largest absolute Gasteiger partial charge is 0.495 e. The monoisotopic (exact) mass is 349 g/mol. The van der Waals surface area contributed by atoms with Crippen molar-refractivity contribution >= 4 is 15.9 Å². The fraction of sp³-hybridized carbons (Fsp3) is 0.571. The zero-order valence-corrected chi connectivity index (χ0v) is 13.6. The van der Waals surface area contributed by atoms with E-state index in [0.29, 0.717) is 34.5 Å². The van der Waals surface area contributed by atoms with Crippen molar-refractivity contribution in [3.63, 3.8) is 0 Å². The van der Waals surface area contributed by atoms with E-state index in [9.17, 15) is 0 Å². The Bertz CT molecular complexity index is 445. The molecule has 2 N–H and O–H groups in total. The van der Waals surface area contributed by atoms with Gasteiger partial charge in [0.2, 0.25) is 0 Å². The fourth-order valence-corrected chi connectivity index (χ4v) is 2.81. The van der Waals surface area contributed by atoms with E-state index < -0.39 is 5.67 Å². The summed E-state index contributed by atoms with van der Waals surface area (Å²) in [6.07, 6.45) is 0.832. The van der Waals surface area contributed by atoms with Crippen molar-refractivity contribution in [2.75, 3.05) is 34.5 Å². The molecule has 0 bridgehead atoms. The van der Waals surface area contributed by atoms with Crippen LogP contribution in [0, 0.1) is 0 Å². The first-order valence-electron chi connectivity index (χ1n) is 6.33. The van der Waals surface area contributed by atoms with Crippen molar-refractivity contribution in [3.8, 4) is 11.5 Å². The third kappa shape index (κ3) is 3.62. The summed E-state index contributed by atoms with van der Waals surface area (Å²) in [6, 6.07) is 3.37. The van der Waals surface area contributed by atoms with Gasteiger partial charge in [-0.2, -0.15) is 0 Å². The van der Waals surface area contributed by atoms with Gasteiger partial charge < -0.3 is 19.9 Å². The van der Waals surface area contributed by atoms with Gasteiger partial charge in [0, 0.05) is 12.7 Å². The first-order valence-corrected chi connectivity index (χ1v) is 7.12. The van der Waals surface area contributed by atoms with Gasteiger partial charge >= 0.3 is 0 Å². The summed E-state index contributed by atoms with van der Waals surface area (Å²) in [5.74, 6) is 1.00. The topological polar surface area (TPSA) is 53.7 Å². The smallest absolute Gasteiger partial charge is 0.162 e. The van der Waals surface area contributed by atoms with Crippen molar-refractivity contribution in [1.29, 1.82) is 0 Å². The van der Waals surface area contributed by atoms with Crippen molar-refractivity contribution in [3.05, 3.63) is 22.2 Å². The van der Waals surface area contributed by atoms with E-state index in [1.54, 1.807) is 19.2 Å². The average molecular weight is 350 g/mol. The Morgan fingerprint density at radius 2 is 1.95 bits per heavy atom. The molecule has 0 aromatic heterocycles. The third-order valence-corrected chi connectivity index (χ3v) is 3.87. The molecule has 1 atom stereocenters. The lowest BCUT2D eigenvalue weighted by Crippen LogP contribution is -2.28. The minimum absolute atomic E-state index is 0.0534. The SMILES string of the molecule is COCC(F)(CCCN)c1ccc(OC)c(Br)c1OC.